The Morgan fingerprint density at radius 2 is 1.92 bits per heavy atom. The molecule has 1 aliphatic carbocycles. The highest BCUT2D eigenvalue weighted by Crippen LogP contribution is 2.26. The van der Waals surface area contributed by atoms with Crippen LogP contribution in [0.2, 0.25) is 0 Å². The van der Waals surface area contributed by atoms with Gasteiger partial charge in [-0.15, -0.1) is 0 Å². The lowest BCUT2D eigenvalue weighted by molar-refractivity contribution is -0.129. The molecule has 0 aromatic carbocycles. The van der Waals surface area contributed by atoms with Crippen LogP contribution in [0.25, 0.3) is 11.7 Å². The minimum Gasteiger partial charge on any atom is -0.494 e. The van der Waals surface area contributed by atoms with Crippen molar-refractivity contribution in [1.29, 1.82) is 0 Å². The Morgan fingerprint density at radius 1 is 1.22 bits per heavy atom. The molecule has 0 bridgehead atoms. The zero-order chi connectivity index (χ0) is 26.3. The standard InChI is InChI=1S/C24H32N6O6/c1-13(2)11-29-21-17(7-8-18(31)28-10-9-27(24(35)36)12-14(28)3)15(4)26-30(21)23(34)19(22(29)33)20(32)25-16-5-6-16/h7-8,13-14,16,33H,5-6,9-12H2,1-4H3,(H,25,32)(H,35,36)/b8-7+/t14-/m0/s1. The first-order valence-corrected chi connectivity index (χ1v) is 12.1. The minimum absolute atomic E-state index is 0.00849. The summed E-state index contributed by atoms with van der Waals surface area (Å²) in [5.74, 6) is -1.29. The van der Waals surface area contributed by atoms with Gasteiger partial charge < -0.3 is 25.3 Å². The van der Waals surface area contributed by atoms with E-state index in [0.717, 1.165) is 17.4 Å². The Labute approximate surface area is 207 Å². The second kappa shape index (κ2) is 9.67. The Bertz CT molecular complexity index is 1300. The maximum atomic E-state index is 13.2. The van der Waals surface area contributed by atoms with Crippen molar-refractivity contribution in [3.05, 3.63) is 33.3 Å². The van der Waals surface area contributed by atoms with Crippen LogP contribution in [-0.4, -0.2) is 83.8 Å². The van der Waals surface area contributed by atoms with E-state index in [-0.39, 0.29) is 49.1 Å². The molecule has 1 atom stereocenters. The van der Waals surface area contributed by atoms with Crippen LogP contribution in [0, 0.1) is 12.8 Å². The predicted molar refractivity (Wildman–Crippen MR) is 131 cm³/mol. The second-order valence-electron chi connectivity index (χ2n) is 9.93. The summed E-state index contributed by atoms with van der Waals surface area (Å²) in [6, 6.07) is -0.290. The van der Waals surface area contributed by atoms with Gasteiger partial charge >= 0.3 is 6.09 Å². The summed E-state index contributed by atoms with van der Waals surface area (Å²) in [7, 11) is 0. The van der Waals surface area contributed by atoms with Crippen molar-refractivity contribution >= 4 is 29.6 Å². The Balaban J connectivity index is 1.73. The number of carbonyl (C=O) groups is 3. The monoisotopic (exact) mass is 500 g/mol. The smallest absolute Gasteiger partial charge is 0.407 e. The van der Waals surface area contributed by atoms with Gasteiger partial charge in [0, 0.05) is 49.9 Å². The van der Waals surface area contributed by atoms with Gasteiger partial charge in [0.25, 0.3) is 11.5 Å². The van der Waals surface area contributed by atoms with Gasteiger partial charge in [-0.1, -0.05) is 13.8 Å². The molecule has 2 aromatic rings. The number of nitrogens with one attached hydrogen (secondary N) is 1. The van der Waals surface area contributed by atoms with Crippen LogP contribution in [0.5, 0.6) is 5.88 Å². The van der Waals surface area contributed by atoms with Crippen molar-refractivity contribution < 1.29 is 24.6 Å². The average molecular weight is 501 g/mol. The van der Waals surface area contributed by atoms with E-state index in [9.17, 15) is 29.4 Å². The lowest BCUT2D eigenvalue weighted by Crippen LogP contribution is -2.54. The van der Waals surface area contributed by atoms with E-state index in [1.165, 1.54) is 15.5 Å². The van der Waals surface area contributed by atoms with Crippen LogP contribution in [0.1, 0.15) is 55.2 Å². The van der Waals surface area contributed by atoms with Gasteiger partial charge in [0.2, 0.25) is 11.8 Å². The number of hydrogen-bond acceptors (Lipinski definition) is 6. The highest BCUT2D eigenvalue weighted by Gasteiger charge is 2.31. The molecule has 3 N–H and O–H groups in total. The number of aryl methyl sites for hydroxylation is 1. The van der Waals surface area contributed by atoms with E-state index in [0.29, 0.717) is 23.4 Å². The molecule has 2 aromatic heterocycles. The zero-order valence-corrected chi connectivity index (χ0v) is 20.9. The fourth-order valence-electron chi connectivity index (χ4n) is 4.49. The molecule has 2 aliphatic rings. The van der Waals surface area contributed by atoms with E-state index in [2.05, 4.69) is 10.4 Å². The number of rotatable bonds is 6. The number of amides is 3. The molecular weight excluding hydrogens is 468 g/mol. The number of carboxylic acid groups (broad SMARTS) is 1. The lowest BCUT2D eigenvalue weighted by Gasteiger charge is -2.38. The first-order chi connectivity index (χ1) is 17.0. The van der Waals surface area contributed by atoms with Crippen molar-refractivity contribution in [2.45, 2.75) is 59.2 Å². The van der Waals surface area contributed by atoms with Gasteiger partial charge in [-0.2, -0.15) is 9.61 Å². The van der Waals surface area contributed by atoms with E-state index in [1.807, 2.05) is 13.8 Å². The lowest BCUT2D eigenvalue weighted by atomic mass is 10.1. The largest absolute Gasteiger partial charge is 0.494 e. The molecule has 0 unspecified atom stereocenters. The molecule has 194 valence electrons. The molecule has 36 heavy (non-hydrogen) atoms. The Morgan fingerprint density at radius 3 is 2.50 bits per heavy atom. The topological polar surface area (TPSA) is 149 Å². The van der Waals surface area contributed by atoms with Gasteiger partial charge in [-0.05, 0) is 38.7 Å². The first-order valence-electron chi connectivity index (χ1n) is 12.1. The molecule has 3 heterocycles. The fourth-order valence-corrected chi connectivity index (χ4v) is 4.49. The van der Waals surface area contributed by atoms with Crippen LogP contribution >= 0.6 is 0 Å². The molecule has 1 saturated carbocycles. The molecule has 0 radical (unpaired) electrons. The summed E-state index contributed by atoms with van der Waals surface area (Å²) >= 11 is 0. The third-order valence-electron chi connectivity index (χ3n) is 6.48. The normalized spacial score (nSPS) is 18.4. The quantitative estimate of drug-likeness (QED) is 0.506. The maximum absolute atomic E-state index is 13.2. The number of hydrogen-bond donors (Lipinski definition) is 3. The fraction of sp³-hybridized carbons (Fsp3) is 0.542. The van der Waals surface area contributed by atoms with Crippen LogP contribution < -0.4 is 10.9 Å². The van der Waals surface area contributed by atoms with Crippen LogP contribution in [0.3, 0.4) is 0 Å². The molecule has 1 saturated heterocycles. The summed E-state index contributed by atoms with van der Waals surface area (Å²) in [6.45, 7) is 8.38. The van der Waals surface area contributed by atoms with Crippen molar-refractivity contribution in [1.82, 2.24) is 29.3 Å². The molecule has 2 fully saturated rings. The minimum atomic E-state index is -1.01. The number of aromatic hydroxyl groups is 1. The predicted octanol–water partition coefficient (Wildman–Crippen LogP) is 1.28. The third-order valence-corrected chi connectivity index (χ3v) is 6.48. The van der Waals surface area contributed by atoms with Gasteiger partial charge in [0.15, 0.2) is 5.56 Å². The zero-order valence-electron chi connectivity index (χ0n) is 20.9. The maximum Gasteiger partial charge on any atom is 0.407 e. The summed E-state index contributed by atoms with van der Waals surface area (Å²) in [5, 5.41) is 27.3. The Kier molecular flexibility index (Phi) is 6.79. The van der Waals surface area contributed by atoms with Crippen molar-refractivity contribution in [3.8, 4) is 5.88 Å². The van der Waals surface area contributed by atoms with E-state index < -0.39 is 23.4 Å². The van der Waals surface area contributed by atoms with Crippen LogP contribution in [-0.2, 0) is 11.3 Å². The summed E-state index contributed by atoms with van der Waals surface area (Å²) in [6.07, 6.45) is 3.58. The van der Waals surface area contributed by atoms with Gasteiger partial charge in [-0.3, -0.25) is 19.0 Å². The molecular formula is C24H32N6O6. The van der Waals surface area contributed by atoms with E-state index >= 15 is 0 Å². The number of carbonyl (C=O) groups excluding carboxylic acids is 2. The number of nitrogens with zero attached hydrogens (tertiary/aromatic N) is 5. The van der Waals surface area contributed by atoms with E-state index in [1.54, 1.807) is 24.8 Å². The number of fused-ring (bicyclic) bond motifs is 1. The van der Waals surface area contributed by atoms with Crippen LogP contribution in [0.4, 0.5) is 4.79 Å². The van der Waals surface area contributed by atoms with Gasteiger partial charge in [0.1, 0.15) is 5.65 Å². The summed E-state index contributed by atoms with van der Waals surface area (Å²) in [5.41, 5.74) is 0.140. The van der Waals surface area contributed by atoms with Gasteiger partial charge in [-0.25, -0.2) is 4.79 Å². The molecule has 12 nitrogen and oxygen atoms in total. The van der Waals surface area contributed by atoms with E-state index in [4.69, 9.17) is 0 Å². The highest BCUT2D eigenvalue weighted by molar-refractivity contribution is 5.97. The molecule has 1 aliphatic heterocycles. The SMILES string of the molecule is Cc1nn2c(=O)c(C(=O)NC3CC3)c(O)n(CC(C)C)c2c1/C=C/C(=O)N1CCN(C(=O)O)C[C@@H]1C. The second-order valence-corrected chi connectivity index (χ2v) is 9.93. The summed E-state index contributed by atoms with van der Waals surface area (Å²) < 4.78 is 2.60. The third kappa shape index (κ3) is 4.79. The molecule has 4 rings (SSSR count). The first kappa shape index (κ1) is 25.3. The Hall–Kier alpha value is -3.83. The van der Waals surface area contributed by atoms with Crippen molar-refractivity contribution in [3.63, 3.8) is 0 Å². The summed E-state index contributed by atoms with van der Waals surface area (Å²) in [4.78, 5) is 53.0. The molecule has 12 heteroatoms. The van der Waals surface area contributed by atoms with Crippen LogP contribution in [0.15, 0.2) is 10.9 Å². The number of piperazine rings is 1. The number of aromatic nitrogens is 3. The average Bonchev–Trinajstić information content (AvgIpc) is 3.55. The van der Waals surface area contributed by atoms with Crippen molar-refractivity contribution in [2.75, 3.05) is 19.6 Å². The van der Waals surface area contributed by atoms with Crippen molar-refractivity contribution in [2.24, 2.45) is 5.92 Å². The molecule has 3 amide bonds. The molecule has 0 spiro atoms. The van der Waals surface area contributed by atoms with Gasteiger partial charge in [0.05, 0.1) is 5.69 Å². The highest BCUT2D eigenvalue weighted by atomic mass is 16.4.